The van der Waals surface area contributed by atoms with Crippen LogP contribution in [0.15, 0.2) is 39.5 Å². The molecule has 1 aliphatic heterocycles. The Kier molecular flexibility index (Phi) is 3.93. The number of benzene rings is 2. The van der Waals surface area contributed by atoms with E-state index in [1.54, 1.807) is 14.2 Å². The van der Waals surface area contributed by atoms with Gasteiger partial charge in [-0.25, -0.2) is 4.79 Å². The van der Waals surface area contributed by atoms with Crippen molar-refractivity contribution in [2.75, 3.05) is 25.9 Å². The molecule has 1 aromatic heterocycles. The summed E-state index contributed by atoms with van der Waals surface area (Å²) in [5.74, 6) is 2.19. The lowest BCUT2D eigenvalue weighted by Gasteiger charge is -2.32. The van der Waals surface area contributed by atoms with Crippen molar-refractivity contribution in [2.45, 2.75) is 25.8 Å². The van der Waals surface area contributed by atoms with Crippen molar-refractivity contribution in [1.29, 1.82) is 0 Å². The molecule has 0 bridgehead atoms. The van der Waals surface area contributed by atoms with Gasteiger partial charge in [0, 0.05) is 17.0 Å². The lowest BCUT2D eigenvalue weighted by Crippen LogP contribution is -2.32. The summed E-state index contributed by atoms with van der Waals surface area (Å²) in [7, 11) is 3.26. The summed E-state index contributed by atoms with van der Waals surface area (Å²) in [6, 6.07) is 9.69. The second-order valence-corrected chi connectivity index (χ2v) is 7.13. The predicted molar refractivity (Wildman–Crippen MR) is 106 cm³/mol. The van der Waals surface area contributed by atoms with Crippen LogP contribution in [0.4, 0.5) is 5.69 Å². The molecule has 0 saturated heterocycles. The Hall–Kier alpha value is -3.15. The average Bonchev–Trinajstić information content (AvgIpc) is 3.24. The first kappa shape index (κ1) is 17.0. The smallest absolute Gasteiger partial charge is 0.339 e. The van der Waals surface area contributed by atoms with Gasteiger partial charge in [0.05, 0.1) is 32.0 Å². The summed E-state index contributed by atoms with van der Waals surface area (Å²) in [6.07, 6.45) is 2.73. The molecule has 5 rings (SSSR count). The van der Waals surface area contributed by atoms with Gasteiger partial charge in [-0.2, -0.15) is 0 Å². The second-order valence-electron chi connectivity index (χ2n) is 7.13. The lowest BCUT2D eigenvalue weighted by atomic mass is 10.0. The summed E-state index contributed by atoms with van der Waals surface area (Å²) in [5.41, 5.74) is 4.18. The number of fused-ring (bicyclic) bond motifs is 5. The fourth-order valence-electron chi connectivity index (χ4n) is 4.25. The summed E-state index contributed by atoms with van der Waals surface area (Å²) in [5, 5.41) is 1.03. The van der Waals surface area contributed by atoms with Gasteiger partial charge in [-0.1, -0.05) is 0 Å². The maximum atomic E-state index is 12.5. The van der Waals surface area contributed by atoms with Crippen molar-refractivity contribution in [1.82, 2.24) is 0 Å². The normalized spacial score (nSPS) is 15.1. The first-order chi connectivity index (χ1) is 13.7. The summed E-state index contributed by atoms with van der Waals surface area (Å²) in [4.78, 5) is 14.5. The van der Waals surface area contributed by atoms with Crippen LogP contribution in [0.25, 0.3) is 11.0 Å². The molecule has 2 aromatic carbocycles. The fourth-order valence-corrected chi connectivity index (χ4v) is 4.25. The molecule has 0 fully saturated rings. The van der Waals surface area contributed by atoms with E-state index in [1.165, 1.54) is 0 Å². The molecular formula is C22H21NO5. The molecule has 6 heteroatoms. The van der Waals surface area contributed by atoms with Gasteiger partial charge < -0.3 is 23.5 Å². The molecule has 0 unspecified atom stereocenters. The molecule has 0 spiro atoms. The molecule has 28 heavy (non-hydrogen) atoms. The maximum Gasteiger partial charge on any atom is 0.339 e. The quantitative estimate of drug-likeness (QED) is 0.648. The van der Waals surface area contributed by atoms with Crippen LogP contribution >= 0.6 is 0 Å². The number of anilines is 1. The van der Waals surface area contributed by atoms with Crippen LogP contribution in [-0.2, 0) is 19.4 Å². The van der Waals surface area contributed by atoms with Crippen LogP contribution in [0.2, 0.25) is 0 Å². The lowest BCUT2D eigenvalue weighted by molar-refractivity contribution is 0.286. The number of ether oxygens (including phenoxy) is 3. The summed E-state index contributed by atoms with van der Waals surface area (Å²) in [6.45, 7) is 0.952. The van der Waals surface area contributed by atoms with Crippen LogP contribution in [0, 0.1) is 0 Å². The first-order valence-corrected chi connectivity index (χ1v) is 9.40. The van der Waals surface area contributed by atoms with E-state index in [1.807, 2.05) is 30.3 Å². The highest BCUT2D eigenvalue weighted by molar-refractivity contribution is 5.87. The van der Waals surface area contributed by atoms with Gasteiger partial charge in [0.1, 0.15) is 22.8 Å². The van der Waals surface area contributed by atoms with Crippen LogP contribution in [0.3, 0.4) is 0 Å². The SMILES string of the molecule is COc1ccc(N2COc3ccc4c5c(c(=O)oc4c3C2)CCC5)c(OC)c1. The minimum Gasteiger partial charge on any atom is -0.497 e. The number of rotatable bonds is 3. The number of methoxy groups -OCH3 is 2. The van der Waals surface area contributed by atoms with Crippen LogP contribution in [0.1, 0.15) is 23.1 Å². The highest BCUT2D eigenvalue weighted by Crippen LogP contribution is 2.39. The number of hydrogen-bond acceptors (Lipinski definition) is 6. The van der Waals surface area contributed by atoms with E-state index in [0.29, 0.717) is 24.6 Å². The zero-order valence-corrected chi connectivity index (χ0v) is 15.9. The molecule has 6 nitrogen and oxygen atoms in total. The van der Waals surface area contributed by atoms with E-state index in [2.05, 4.69) is 4.90 Å². The highest BCUT2D eigenvalue weighted by atomic mass is 16.5. The molecule has 1 aliphatic carbocycles. The third-order valence-electron chi connectivity index (χ3n) is 5.65. The second kappa shape index (κ2) is 6.48. The van der Waals surface area contributed by atoms with Gasteiger partial charge in [0.25, 0.3) is 0 Å². The van der Waals surface area contributed by atoms with Gasteiger partial charge in [-0.05, 0) is 49.1 Å². The van der Waals surface area contributed by atoms with Crippen molar-refractivity contribution >= 4 is 16.7 Å². The molecule has 0 N–H and O–H groups in total. The van der Waals surface area contributed by atoms with Gasteiger partial charge in [-0.3, -0.25) is 0 Å². The molecular weight excluding hydrogens is 358 g/mol. The molecule has 2 aliphatic rings. The number of aryl methyl sites for hydroxylation is 1. The summed E-state index contributed by atoms with van der Waals surface area (Å²) >= 11 is 0. The van der Waals surface area contributed by atoms with Crippen LogP contribution < -0.4 is 24.7 Å². The largest absolute Gasteiger partial charge is 0.497 e. The van der Waals surface area contributed by atoms with Crippen molar-refractivity contribution < 1.29 is 18.6 Å². The molecule has 0 atom stereocenters. The van der Waals surface area contributed by atoms with Gasteiger partial charge in [-0.15, -0.1) is 0 Å². The van der Waals surface area contributed by atoms with Crippen LogP contribution in [0.5, 0.6) is 17.2 Å². The molecule has 3 aromatic rings. The van der Waals surface area contributed by atoms with Crippen molar-refractivity contribution in [3.05, 3.63) is 57.4 Å². The zero-order valence-electron chi connectivity index (χ0n) is 15.9. The Morgan fingerprint density at radius 1 is 1.00 bits per heavy atom. The predicted octanol–water partition coefficient (Wildman–Crippen LogP) is 3.66. The number of nitrogens with zero attached hydrogens (tertiary/aromatic N) is 1. The van der Waals surface area contributed by atoms with E-state index in [-0.39, 0.29) is 5.63 Å². The minimum absolute atomic E-state index is 0.215. The standard InChI is InChI=1S/C22H21NO5/c1-25-13-6-8-18(20(10-13)26-2)23-11-17-19(27-12-23)9-7-15-14-4-3-5-16(14)22(24)28-21(15)17/h6-10H,3-5,11-12H2,1-2H3. The summed E-state index contributed by atoms with van der Waals surface area (Å²) < 4.78 is 22.6. The van der Waals surface area contributed by atoms with Gasteiger partial charge >= 0.3 is 5.63 Å². The van der Waals surface area contributed by atoms with E-state index in [9.17, 15) is 4.79 Å². The van der Waals surface area contributed by atoms with E-state index < -0.39 is 0 Å². The Morgan fingerprint density at radius 2 is 1.86 bits per heavy atom. The van der Waals surface area contributed by atoms with E-state index in [0.717, 1.165) is 58.5 Å². The molecule has 0 saturated carbocycles. The van der Waals surface area contributed by atoms with Crippen molar-refractivity contribution in [3.8, 4) is 17.2 Å². The average molecular weight is 379 g/mol. The molecule has 144 valence electrons. The molecule has 2 heterocycles. The molecule has 0 radical (unpaired) electrons. The fraction of sp³-hybridized carbons (Fsp3) is 0.318. The maximum absolute atomic E-state index is 12.5. The topological polar surface area (TPSA) is 61.1 Å². The Morgan fingerprint density at radius 3 is 2.68 bits per heavy atom. The molecule has 0 amide bonds. The third-order valence-corrected chi connectivity index (χ3v) is 5.65. The van der Waals surface area contributed by atoms with E-state index >= 15 is 0 Å². The Labute approximate surface area is 162 Å². The first-order valence-electron chi connectivity index (χ1n) is 9.40. The highest BCUT2D eigenvalue weighted by Gasteiger charge is 2.27. The minimum atomic E-state index is -0.215. The Balaban J connectivity index is 1.61. The van der Waals surface area contributed by atoms with Crippen molar-refractivity contribution in [3.63, 3.8) is 0 Å². The number of hydrogen-bond donors (Lipinski definition) is 0. The zero-order chi connectivity index (χ0) is 19.3. The van der Waals surface area contributed by atoms with Gasteiger partial charge in [0.15, 0.2) is 6.73 Å². The van der Waals surface area contributed by atoms with Crippen molar-refractivity contribution in [2.24, 2.45) is 0 Å². The van der Waals surface area contributed by atoms with Gasteiger partial charge in [0.2, 0.25) is 0 Å². The monoisotopic (exact) mass is 379 g/mol. The van der Waals surface area contributed by atoms with Crippen LogP contribution in [-0.4, -0.2) is 21.0 Å². The van der Waals surface area contributed by atoms with E-state index in [4.69, 9.17) is 18.6 Å². The Bertz CT molecular complexity index is 1130. The third kappa shape index (κ3) is 2.52.